The molecule has 0 atom stereocenters. The Labute approximate surface area is 216 Å². The molecule has 1 fully saturated rings. The Kier molecular flexibility index (Phi) is 7.59. The first kappa shape index (κ1) is 27.1. The van der Waals surface area contributed by atoms with E-state index in [2.05, 4.69) is 9.88 Å². The molecule has 4 rings (SSSR count). The summed E-state index contributed by atoms with van der Waals surface area (Å²) in [6.07, 6.45) is -4.20. The van der Waals surface area contributed by atoms with E-state index in [0.29, 0.717) is 70.8 Å². The molecule has 1 aromatic heterocycles. The van der Waals surface area contributed by atoms with Gasteiger partial charge in [0.15, 0.2) is 0 Å². The Bertz CT molecular complexity index is 1260. The maximum absolute atomic E-state index is 13.3. The van der Waals surface area contributed by atoms with Crippen LogP contribution >= 0.6 is 23.2 Å². The summed E-state index contributed by atoms with van der Waals surface area (Å²) >= 11 is 13.2. The van der Waals surface area contributed by atoms with E-state index in [1.807, 2.05) is 6.07 Å². The number of imidazole rings is 1. The number of alkyl halides is 5. The van der Waals surface area contributed by atoms with Gasteiger partial charge in [0.25, 0.3) is 5.92 Å². The van der Waals surface area contributed by atoms with Gasteiger partial charge in [-0.1, -0.05) is 29.3 Å². The summed E-state index contributed by atoms with van der Waals surface area (Å²) in [4.78, 5) is 8.50. The first-order valence-electron chi connectivity index (χ1n) is 11.5. The van der Waals surface area contributed by atoms with E-state index >= 15 is 0 Å². The number of piperazine rings is 1. The summed E-state index contributed by atoms with van der Waals surface area (Å²) in [5.41, 5.74) is 2.10. The van der Waals surface area contributed by atoms with Gasteiger partial charge < -0.3 is 4.57 Å². The van der Waals surface area contributed by atoms with Gasteiger partial charge in [0.1, 0.15) is 5.82 Å². The van der Waals surface area contributed by atoms with Gasteiger partial charge in [-0.3, -0.25) is 9.80 Å². The van der Waals surface area contributed by atoms with Crippen molar-refractivity contribution in [2.24, 2.45) is 7.05 Å². The highest BCUT2D eigenvalue weighted by Gasteiger charge is 2.32. The summed E-state index contributed by atoms with van der Waals surface area (Å²) in [6, 6.07) is 5.80. The molecule has 0 bridgehead atoms. The van der Waals surface area contributed by atoms with Crippen LogP contribution in [0.2, 0.25) is 10.0 Å². The molecule has 0 saturated carbocycles. The zero-order valence-electron chi connectivity index (χ0n) is 20.2. The number of benzene rings is 2. The summed E-state index contributed by atoms with van der Waals surface area (Å²) in [7, 11) is 1.68. The predicted molar refractivity (Wildman–Crippen MR) is 132 cm³/mol. The Morgan fingerprint density at radius 3 is 2.22 bits per heavy atom. The van der Waals surface area contributed by atoms with Gasteiger partial charge in [-0.2, -0.15) is 13.2 Å². The number of hydrogen-bond acceptors (Lipinski definition) is 3. The van der Waals surface area contributed by atoms with Crippen LogP contribution in [0.25, 0.3) is 11.0 Å². The van der Waals surface area contributed by atoms with Crippen LogP contribution in [0.1, 0.15) is 35.0 Å². The topological polar surface area (TPSA) is 24.3 Å². The maximum atomic E-state index is 13.3. The molecule has 2 heterocycles. The van der Waals surface area contributed by atoms with Crippen molar-refractivity contribution in [3.63, 3.8) is 0 Å². The molecule has 0 radical (unpaired) electrons. The Morgan fingerprint density at radius 1 is 0.972 bits per heavy atom. The van der Waals surface area contributed by atoms with Crippen molar-refractivity contribution in [2.45, 2.75) is 38.9 Å². The van der Waals surface area contributed by atoms with Crippen molar-refractivity contribution in [2.75, 3.05) is 32.7 Å². The van der Waals surface area contributed by atoms with Gasteiger partial charge in [-0.25, -0.2) is 13.8 Å². The molecule has 0 aliphatic carbocycles. The van der Waals surface area contributed by atoms with Crippen LogP contribution in [0.3, 0.4) is 0 Å². The van der Waals surface area contributed by atoms with Crippen LogP contribution in [0, 0.1) is 6.92 Å². The van der Waals surface area contributed by atoms with Gasteiger partial charge in [0.05, 0.1) is 28.2 Å². The number of halogens is 7. The average molecular weight is 549 g/mol. The van der Waals surface area contributed by atoms with Crippen molar-refractivity contribution >= 4 is 34.2 Å². The van der Waals surface area contributed by atoms with E-state index in [1.54, 1.807) is 29.5 Å². The maximum Gasteiger partial charge on any atom is 0.416 e. The lowest BCUT2D eigenvalue weighted by atomic mass is 10.1. The zero-order valence-corrected chi connectivity index (χ0v) is 21.7. The van der Waals surface area contributed by atoms with Crippen LogP contribution in [0.5, 0.6) is 0 Å². The van der Waals surface area contributed by atoms with Crippen molar-refractivity contribution in [3.8, 4) is 0 Å². The third-order valence-electron chi connectivity index (χ3n) is 6.56. The van der Waals surface area contributed by atoms with E-state index in [9.17, 15) is 22.0 Å². The Balaban J connectivity index is 1.55. The number of nitrogens with zero attached hydrogens (tertiary/aromatic N) is 4. The first-order chi connectivity index (χ1) is 16.7. The van der Waals surface area contributed by atoms with Crippen molar-refractivity contribution in [3.05, 3.63) is 62.4 Å². The first-order valence-corrected chi connectivity index (χ1v) is 12.3. The standard InChI is InChI=1S/C25H27Cl2F5N4/c1-15-10-17(25(30,31)32)11-20-23(15)33-21(34(20)3)12-18-19(26)5-4-16(22(18)27)13-35-6-8-36(9-7-35)14-24(2,28)29/h4-5,10-11H,6-9,12-14H2,1-3H3. The van der Waals surface area contributed by atoms with E-state index in [4.69, 9.17) is 23.2 Å². The fraction of sp³-hybridized carbons (Fsp3) is 0.480. The van der Waals surface area contributed by atoms with Crippen LogP contribution in [0.15, 0.2) is 24.3 Å². The fourth-order valence-corrected chi connectivity index (χ4v) is 5.22. The molecule has 2 aromatic carbocycles. The van der Waals surface area contributed by atoms with Crippen molar-refractivity contribution in [1.29, 1.82) is 0 Å². The molecule has 3 aromatic rings. The molecule has 1 aliphatic rings. The van der Waals surface area contributed by atoms with Gasteiger partial charge in [0, 0.05) is 58.1 Å². The predicted octanol–water partition coefficient (Wildman–Crippen LogP) is 6.57. The monoisotopic (exact) mass is 548 g/mol. The Morgan fingerprint density at radius 2 is 1.61 bits per heavy atom. The molecule has 1 aliphatic heterocycles. The van der Waals surface area contributed by atoms with Gasteiger partial charge in [-0.15, -0.1) is 0 Å². The Hall–Kier alpha value is -1.94. The summed E-state index contributed by atoms with van der Waals surface area (Å²) in [5.74, 6) is -2.18. The fourth-order valence-electron chi connectivity index (χ4n) is 4.65. The summed E-state index contributed by atoms with van der Waals surface area (Å²) in [5, 5.41) is 0.920. The van der Waals surface area contributed by atoms with Gasteiger partial charge in [0.2, 0.25) is 0 Å². The van der Waals surface area contributed by atoms with Crippen LogP contribution in [0.4, 0.5) is 22.0 Å². The summed E-state index contributed by atoms with van der Waals surface area (Å²) < 4.78 is 68.2. The molecular formula is C25H27Cl2F5N4. The summed E-state index contributed by atoms with van der Waals surface area (Å²) in [6.45, 7) is 5.17. The largest absolute Gasteiger partial charge is 0.416 e. The second-order valence-electron chi connectivity index (χ2n) is 9.54. The molecule has 11 heteroatoms. The second kappa shape index (κ2) is 10.1. The third kappa shape index (κ3) is 5.96. The van der Waals surface area contributed by atoms with E-state index < -0.39 is 17.7 Å². The van der Waals surface area contributed by atoms with Crippen LogP contribution in [-0.2, 0) is 26.2 Å². The highest BCUT2D eigenvalue weighted by molar-refractivity contribution is 6.36. The highest BCUT2D eigenvalue weighted by Crippen LogP contribution is 2.35. The molecule has 1 saturated heterocycles. The lowest BCUT2D eigenvalue weighted by Crippen LogP contribution is -2.49. The minimum absolute atomic E-state index is 0.247. The van der Waals surface area contributed by atoms with E-state index in [-0.39, 0.29) is 13.0 Å². The third-order valence-corrected chi connectivity index (χ3v) is 7.38. The molecule has 0 amide bonds. The van der Waals surface area contributed by atoms with Crippen molar-refractivity contribution < 1.29 is 22.0 Å². The minimum Gasteiger partial charge on any atom is -0.331 e. The number of fused-ring (bicyclic) bond motifs is 1. The molecule has 0 N–H and O–H groups in total. The van der Waals surface area contributed by atoms with Crippen molar-refractivity contribution in [1.82, 2.24) is 19.4 Å². The normalized spacial score (nSPS) is 16.3. The number of rotatable bonds is 6. The minimum atomic E-state index is -4.45. The van der Waals surface area contributed by atoms with Crippen LogP contribution < -0.4 is 0 Å². The van der Waals surface area contributed by atoms with Gasteiger partial charge in [-0.05, 0) is 41.8 Å². The zero-order chi connectivity index (χ0) is 26.4. The molecule has 0 spiro atoms. The van der Waals surface area contributed by atoms with Gasteiger partial charge >= 0.3 is 6.18 Å². The van der Waals surface area contributed by atoms with E-state index in [1.165, 1.54) is 0 Å². The second-order valence-corrected chi connectivity index (χ2v) is 10.3. The average Bonchev–Trinajstić information content (AvgIpc) is 3.09. The lowest BCUT2D eigenvalue weighted by molar-refractivity contribution is -0.137. The molecule has 36 heavy (non-hydrogen) atoms. The quantitative estimate of drug-likeness (QED) is 0.325. The number of hydrogen-bond donors (Lipinski definition) is 0. The van der Waals surface area contributed by atoms with Crippen LogP contribution in [-0.4, -0.2) is 58.0 Å². The number of aryl methyl sites for hydroxylation is 2. The number of aromatic nitrogens is 2. The smallest absolute Gasteiger partial charge is 0.331 e. The molecule has 4 nitrogen and oxygen atoms in total. The molecular weight excluding hydrogens is 522 g/mol. The SMILES string of the molecule is Cc1cc(C(F)(F)F)cc2c1nc(Cc1c(Cl)ccc(CN3CCN(CC(C)(F)F)CC3)c1Cl)n2C. The molecule has 0 unspecified atom stereocenters. The van der Waals surface area contributed by atoms with E-state index in [0.717, 1.165) is 24.6 Å². The highest BCUT2D eigenvalue weighted by atomic mass is 35.5. The molecule has 196 valence electrons. The lowest BCUT2D eigenvalue weighted by Gasteiger charge is -2.36.